The van der Waals surface area contributed by atoms with Gasteiger partial charge in [-0.05, 0) is 57.5 Å². The molecular weight excluding hydrogens is 406 g/mol. The summed E-state index contributed by atoms with van der Waals surface area (Å²) in [6.45, 7) is 8.80. The standard InChI is InChI=1S/C26H31NO5/c1-6-7-12-27(5)25-20-14-19(31-16(2)3)9-11-21(20)32-26(24(25)17(4)28)18-8-10-22-23(13-18)30-15-29-22/h8-11,13-14,16,26H,6-7,12,15H2,1-5H3. The lowest BCUT2D eigenvalue weighted by Crippen LogP contribution is -2.29. The molecule has 0 spiro atoms. The molecule has 2 heterocycles. The van der Waals surface area contributed by atoms with Crippen molar-refractivity contribution in [1.29, 1.82) is 0 Å². The van der Waals surface area contributed by atoms with Gasteiger partial charge in [0.15, 0.2) is 23.4 Å². The van der Waals surface area contributed by atoms with Gasteiger partial charge in [-0.1, -0.05) is 19.4 Å². The van der Waals surface area contributed by atoms with Crippen molar-refractivity contribution in [3.05, 3.63) is 53.1 Å². The Kier molecular flexibility index (Phi) is 6.31. The second-order valence-corrected chi connectivity index (χ2v) is 8.53. The summed E-state index contributed by atoms with van der Waals surface area (Å²) in [4.78, 5) is 15.2. The maximum atomic E-state index is 13.0. The fraction of sp³-hybridized carbons (Fsp3) is 0.423. The van der Waals surface area contributed by atoms with Crippen molar-refractivity contribution in [3.8, 4) is 23.0 Å². The molecule has 1 atom stereocenters. The zero-order chi connectivity index (χ0) is 22.8. The number of ether oxygens (including phenoxy) is 4. The molecule has 1 unspecified atom stereocenters. The summed E-state index contributed by atoms with van der Waals surface area (Å²) in [5, 5.41) is 0. The van der Waals surface area contributed by atoms with Crippen LogP contribution in [0.2, 0.25) is 0 Å². The van der Waals surface area contributed by atoms with E-state index in [0.29, 0.717) is 17.1 Å². The fourth-order valence-corrected chi connectivity index (χ4v) is 4.18. The first kappa shape index (κ1) is 22.1. The van der Waals surface area contributed by atoms with Gasteiger partial charge in [-0.15, -0.1) is 0 Å². The van der Waals surface area contributed by atoms with E-state index in [-0.39, 0.29) is 18.7 Å². The Morgan fingerprint density at radius 1 is 1.12 bits per heavy atom. The van der Waals surface area contributed by atoms with Crippen LogP contribution in [0.3, 0.4) is 0 Å². The average molecular weight is 438 g/mol. The molecular formula is C26H31NO5. The number of rotatable bonds is 8. The monoisotopic (exact) mass is 437 g/mol. The van der Waals surface area contributed by atoms with Crippen molar-refractivity contribution in [1.82, 2.24) is 4.90 Å². The van der Waals surface area contributed by atoms with Crippen molar-refractivity contribution in [3.63, 3.8) is 0 Å². The summed E-state index contributed by atoms with van der Waals surface area (Å²) in [5.41, 5.74) is 3.26. The normalized spacial score (nSPS) is 16.6. The molecule has 6 heteroatoms. The summed E-state index contributed by atoms with van der Waals surface area (Å²) in [6.07, 6.45) is 1.61. The van der Waals surface area contributed by atoms with E-state index in [1.165, 1.54) is 0 Å². The first-order chi connectivity index (χ1) is 15.4. The number of hydrogen-bond acceptors (Lipinski definition) is 6. The third kappa shape index (κ3) is 4.27. The molecule has 0 bridgehead atoms. The smallest absolute Gasteiger partial charge is 0.231 e. The number of fused-ring (bicyclic) bond motifs is 2. The van der Waals surface area contributed by atoms with E-state index in [1.807, 2.05) is 57.3 Å². The van der Waals surface area contributed by atoms with Crippen molar-refractivity contribution in [2.45, 2.75) is 52.7 Å². The highest BCUT2D eigenvalue weighted by Gasteiger charge is 2.35. The van der Waals surface area contributed by atoms with Crippen molar-refractivity contribution in [2.75, 3.05) is 20.4 Å². The number of hydrogen-bond donors (Lipinski definition) is 0. The molecule has 0 saturated heterocycles. The quantitative estimate of drug-likeness (QED) is 0.554. The molecule has 0 amide bonds. The van der Waals surface area contributed by atoms with Gasteiger partial charge in [0.25, 0.3) is 0 Å². The van der Waals surface area contributed by atoms with Gasteiger partial charge in [-0.3, -0.25) is 4.79 Å². The third-order valence-corrected chi connectivity index (χ3v) is 5.65. The van der Waals surface area contributed by atoms with Gasteiger partial charge in [0.1, 0.15) is 11.5 Å². The second-order valence-electron chi connectivity index (χ2n) is 8.53. The molecule has 2 aromatic carbocycles. The highest BCUT2D eigenvalue weighted by Crippen LogP contribution is 2.46. The van der Waals surface area contributed by atoms with Crippen LogP contribution in [0.4, 0.5) is 0 Å². The van der Waals surface area contributed by atoms with Crippen LogP contribution in [-0.4, -0.2) is 37.2 Å². The maximum Gasteiger partial charge on any atom is 0.231 e. The predicted molar refractivity (Wildman–Crippen MR) is 123 cm³/mol. The largest absolute Gasteiger partial charge is 0.491 e. The molecule has 0 fully saturated rings. The maximum absolute atomic E-state index is 13.0. The number of benzene rings is 2. The fourth-order valence-electron chi connectivity index (χ4n) is 4.18. The van der Waals surface area contributed by atoms with E-state index in [4.69, 9.17) is 18.9 Å². The summed E-state index contributed by atoms with van der Waals surface area (Å²) < 4.78 is 23.4. The molecule has 0 N–H and O–H groups in total. The minimum atomic E-state index is -0.537. The average Bonchev–Trinajstić information content (AvgIpc) is 3.23. The summed E-state index contributed by atoms with van der Waals surface area (Å²) in [7, 11) is 2.04. The van der Waals surface area contributed by atoms with Gasteiger partial charge in [-0.25, -0.2) is 0 Å². The summed E-state index contributed by atoms with van der Waals surface area (Å²) in [5.74, 6) is 2.84. The minimum Gasteiger partial charge on any atom is -0.491 e. The van der Waals surface area contributed by atoms with Crippen molar-refractivity contribution < 1.29 is 23.7 Å². The van der Waals surface area contributed by atoms with Gasteiger partial charge in [0, 0.05) is 24.7 Å². The number of unbranched alkanes of at least 4 members (excludes halogenated alkanes) is 1. The molecule has 0 saturated carbocycles. The number of carbonyl (C=O) groups is 1. The molecule has 0 aliphatic carbocycles. The molecule has 0 aromatic heterocycles. The Hall–Kier alpha value is -3.15. The molecule has 32 heavy (non-hydrogen) atoms. The van der Waals surface area contributed by atoms with E-state index >= 15 is 0 Å². The van der Waals surface area contributed by atoms with E-state index in [1.54, 1.807) is 6.92 Å². The first-order valence-corrected chi connectivity index (χ1v) is 11.2. The van der Waals surface area contributed by atoms with Crippen LogP contribution < -0.4 is 18.9 Å². The molecule has 0 radical (unpaired) electrons. The Morgan fingerprint density at radius 2 is 1.88 bits per heavy atom. The Balaban J connectivity index is 1.86. The van der Waals surface area contributed by atoms with Crippen molar-refractivity contribution >= 4 is 11.5 Å². The number of nitrogens with zero attached hydrogens (tertiary/aromatic N) is 1. The number of Topliss-reactive ketones (excluding diaryl/α,β-unsaturated/α-hetero) is 1. The third-order valence-electron chi connectivity index (χ3n) is 5.65. The van der Waals surface area contributed by atoms with E-state index in [0.717, 1.165) is 47.7 Å². The molecule has 4 rings (SSSR count). The van der Waals surface area contributed by atoms with E-state index in [9.17, 15) is 4.79 Å². The topological polar surface area (TPSA) is 57.2 Å². The van der Waals surface area contributed by atoms with E-state index < -0.39 is 6.10 Å². The Bertz CT molecular complexity index is 1040. The summed E-state index contributed by atoms with van der Waals surface area (Å²) in [6, 6.07) is 11.5. The lowest BCUT2D eigenvalue weighted by molar-refractivity contribution is -0.114. The zero-order valence-electron chi connectivity index (χ0n) is 19.4. The molecule has 2 aliphatic heterocycles. The van der Waals surface area contributed by atoms with Gasteiger partial charge in [0.2, 0.25) is 6.79 Å². The SMILES string of the molecule is CCCCN(C)C1=C(C(C)=O)C(c2ccc3c(c2)OCO3)Oc2ccc(OC(C)C)cc21. The van der Waals surface area contributed by atoms with Crippen LogP contribution >= 0.6 is 0 Å². The van der Waals surface area contributed by atoms with Gasteiger partial charge < -0.3 is 23.8 Å². The Labute approximate surface area is 189 Å². The summed E-state index contributed by atoms with van der Waals surface area (Å²) >= 11 is 0. The van der Waals surface area contributed by atoms with Gasteiger partial charge in [0.05, 0.1) is 17.4 Å². The second kappa shape index (κ2) is 9.15. The van der Waals surface area contributed by atoms with Crippen LogP contribution in [0.25, 0.3) is 5.70 Å². The highest BCUT2D eigenvalue weighted by molar-refractivity contribution is 6.03. The molecule has 170 valence electrons. The van der Waals surface area contributed by atoms with Crippen LogP contribution in [0.5, 0.6) is 23.0 Å². The Morgan fingerprint density at radius 3 is 2.59 bits per heavy atom. The lowest BCUT2D eigenvalue weighted by atomic mass is 9.90. The molecule has 6 nitrogen and oxygen atoms in total. The highest BCUT2D eigenvalue weighted by atomic mass is 16.7. The van der Waals surface area contributed by atoms with Gasteiger partial charge >= 0.3 is 0 Å². The van der Waals surface area contributed by atoms with Crippen LogP contribution in [0.1, 0.15) is 57.8 Å². The zero-order valence-corrected chi connectivity index (χ0v) is 19.4. The molecule has 2 aromatic rings. The lowest BCUT2D eigenvalue weighted by Gasteiger charge is -2.35. The predicted octanol–water partition coefficient (Wildman–Crippen LogP) is 5.37. The molecule has 2 aliphatic rings. The minimum absolute atomic E-state index is 0.0214. The van der Waals surface area contributed by atoms with E-state index in [2.05, 4.69) is 11.8 Å². The van der Waals surface area contributed by atoms with Crippen molar-refractivity contribution in [2.24, 2.45) is 0 Å². The van der Waals surface area contributed by atoms with Crippen LogP contribution in [-0.2, 0) is 4.79 Å². The van der Waals surface area contributed by atoms with Gasteiger partial charge in [-0.2, -0.15) is 0 Å². The number of carbonyl (C=O) groups excluding carboxylic acids is 1. The van der Waals surface area contributed by atoms with Crippen LogP contribution in [0.15, 0.2) is 42.0 Å². The van der Waals surface area contributed by atoms with Crippen LogP contribution in [0, 0.1) is 0 Å². The number of ketones is 1. The first-order valence-electron chi connectivity index (χ1n) is 11.2.